The van der Waals surface area contributed by atoms with Crippen molar-refractivity contribution in [3.8, 4) is 5.69 Å². The third-order valence-electron chi connectivity index (χ3n) is 5.57. The number of amides is 1. The van der Waals surface area contributed by atoms with Gasteiger partial charge in [0.1, 0.15) is 6.33 Å². The molecule has 144 valence electrons. The van der Waals surface area contributed by atoms with Crippen molar-refractivity contribution < 1.29 is 14.6 Å². The molecule has 8 heteroatoms. The molecule has 4 rings (SSSR count). The van der Waals surface area contributed by atoms with Crippen molar-refractivity contribution in [2.45, 2.75) is 56.7 Å². The van der Waals surface area contributed by atoms with Crippen molar-refractivity contribution >= 4 is 17.7 Å². The van der Waals surface area contributed by atoms with Gasteiger partial charge in [-0.25, -0.2) is 4.79 Å². The second kappa shape index (κ2) is 7.13. The highest BCUT2D eigenvalue weighted by Gasteiger charge is 2.36. The Bertz CT molecular complexity index is 845. The average molecular weight is 391 g/mol. The van der Waals surface area contributed by atoms with Gasteiger partial charge in [-0.2, -0.15) is 0 Å². The van der Waals surface area contributed by atoms with Crippen LogP contribution < -0.4 is 0 Å². The Morgan fingerprint density at radius 1 is 1.37 bits per heavy atom. The van der Waals surface area contributed by atoms with Crippen molar-refractivity contribution in [2.24, 2.45) is 0 Å². The van der Waals surface area contributed by atoms with Gasteiger partial charge in [0.2, 0.25) is 0 Å². The van der Waals surface area contributed by atoms with Crippen LogP contribution in [0.4, 0.5) is 4.79 Å². The lowest BCUT2D eigenvalue weighted by molar-refractivity contribution is 0.0289. The number of ether oxygens (including phenoxy) is 1. The van der Waals surface area contributed by atoms with Crippen LogP contribution in [0.15, 0.2) is 24.5 Å². The Morgan fingerprint density at radius 3 is 2.85 bits per heavy atom. The topological polar surface area (TPSA) is 80.5 Å². The molecule has 27 heavy (non-hydrogen) atoms. The van der Waals surface area contributed by atoms with E-state index in [1.165, 1.54) is 4.90 Å². The molecule has 0 saturated heterocycles. The van der Waals surface area contributed by atoms with Gasteiger partial charge in [-0.15, -0.1) is 21.8 Å². The van der Waals surface area contributed by atoms with E-state index in [0.29, 0.717) is 12.4 Å². The van der Waals surface area contributed by atoms with Crippen molar-refractivity contribution in [3.63, 3.8) is 0 Å². The average Bonchev–Trinajstić information content (AvgIpc) is 3.05. The molecular weight excluding hydrogens is 368 g/mol. The molecule has 1 N–H and O–H groups in total. The van der Waals surface area contributed by atoms with Gasteiger partial charge in [-0.05, 0) is 49.8 Å². The zero-order valence-corrected chi connectivity index (χ0v) is 16.0. The van der Waals surface area contributed by atoms with E-state index in [2.05, 4.69) is 10.2 Å². The number of rotatable bonds is 3. The van der Waals surface area contributed by atoms with Crippen LogP contribution in [0.25, 0.3) is 5.69 Å². The van der Waals surface area contributed by atoms with Crippen molar-refractivity contribution in [1.82, 2.24) is 19.7 Å². The summed E-state index contributed by atoms with van der Waals surface area (Å²) in [6, 6.07) is 6.10. The molecule has 2 aromatic rings. The van der Waals surface area contributed by atoms with Crippen LogP contribution in [0, 0.1) is 0 Å². The van der Waals surface area contributed by atoms with Crippen LogP contribution in [-0.4, -0.2) is 43.6 Å². The summed E-state index contributed by atoms with van der Waals surface area (Å²) < 4.78 is 7.60. The summed E-state index contributed by atoms with van der Waals surface area (Å²) in [5, 5.41) is 17.5. The second-order valence-electron chi connectivity index (χ2n) is 7.22. The summed E-state index contributed by atoms with van der Waals surface area (Å²) in [7, 11) is 0. The largest absolute Gasteiger partial charge is 0.465 e. The van der Waals surface area contributed by atoms with Gasteiger partial charge in [0.25, 0.3) is 0 Å². The third-order valence-corrected chi connectivity index (χ3v) is 6.16. The first-order valence-electron chi connectivity index (χ1n) is 9.31. The number of halogens is 1. The van der Waals surface area contributed by atoms with Crippen LogP contribution in [0.1, 0.15) is 49.6 Å². The van der Waals surface area contributed by atoms with Crippen LogP contribution in [0.3, 0.4) is 0 Å². The number of aromatic nitrogens is 3. The molecule has 1 amide bonds. The molecule has 1 aliphatic heterocycles. The summed E-state index contributed by atoms with van der Waals surface area (Å²) in [4.78, 5) is 12.5. The first-order chi connectivity index (χ1) is 13.0. The van der Waals surface area contributed by atoms with Gasteiger partial charge in [-0.3, -0.25) is 9.47 Å². The van der Waals surface area contributed by atoms with E-state index in [0.717, 1.165) is 49.1 Å². The van der Waals surface area contributed by atoms with Crippen LogP contribution in [-0.2, 0) is 22.7 Å². The summed E-state index contributed by atoms with van der Waals surface area (Å²) in [5.41, 5.74) is 2.87. The number of benzene rings is 1. The Balaban J connectivity index is 1.67. The lowest BCUT2D eigenvalue weighted by atomic mass is 9.81. The van der Waals surface area contributed by atoms with Gasteiger partial charge in [0, 0.05) is 6.61 Å². The van der Waals surface area contributed by atoms with Crippen LogP contribution >= 0.6 is 11.6 Å². The molecule has 1 saturated carbocycles. The molecule has 0 radical (unpaired) electrons. The second-order valence-corrected chi connectivity index (χ2v) is 7.94. The van der Waals surface area contributed by atoms with Crippen LogP contribution in [0.5, 0.6) is 0 Å². The van der Waals surface area contributed by atoms with E-state index in [9.17, 15) is 9.90 Å². The lowest BCUT2D eigenvalue weighted by Crippen LogP contribution is -2.30. The highest BCUT2D eigenvalue weighted by Crippen LogP contribution is 2.44. The first-order valence-corrected chi connectivity index (χ1v) is 9.69. The number of hydrogen-bond donors (Lipinski definition) is 1. The van der Waals surface area contributed by atoms with E-state index < -0.39 is 11.0 Å². The molecule has 1 aromatic heterocycles. The fourth-order valence-electron chi connectivity index (χ4n) is 4.10. The van der Waals surface area contributed by atoms with Crippen molar-refractivity contribution in [2.75, 3.05) is 6.61 Å². The maximum absolute atomic E-state index is 11.6. The van der Waals surface area contributed by atoms with Gasteiger partial charge < -0.3 is 9.84 Å². The van der Waals surface area contributed by atoms with Gasteiger partial charge in [0.05, 0.1) is 29.8 Å². The van der Waals surface area contributed by atoms with Crippen molar-refractivity contribution in [3.05, 3.63) is 41.5 Å². The molecule has 1 aliphatic carbocycles. The number of carboxylic acid groups (broad SMARTS) is 1. The third kappa shape index (κ3) is 3.41. The van der Waals surface area contributed by atoms with Gasteiger partial charge in [0.15, 0.2) is 5.82 Å². The summed E-state index contributed by atoms with van der Waals surface area (Å²) in [5.74, 6) is 0.613. The molecule has 0 unspecified atom stereocenters. The summed E-state index contributed by atoms with van der Waals surface area (Å²) >= 11 is 7.01. The number of fused-ring (bicyclic) bond motifs is 3. The Kier molecular flexibility index (Phi) is 4.82. The number of carbonyl (C=O) groups is 1. The van der Waals surface area contributed by atoms with Gasteiger partial charge >= 0.3 is 6.09 Å². The molecule has 0 atom stereocenters. The molecule has 1 fully saturated rings. The van der Waals surface area contributed by atoms with E-state index >= 15 is 0 Å². The Hall–Kier alpha value is -2.12. The number of nitrogens with zero attached hydrogens (tertiary/aromatic N) is 4. The molecule has 1 aromatic carbocycles. The minimum atomic E-state index is -0.972. The smallest absolute Gasteiger partial charge is 0.408 e. The van der Waals surface area contributed by atoms with Gasteiger partial charge in [-0.1, -0.05) is 12.1 Å². The number of hydrogen-bond acceptors (Lipinski definition) is 4. The van der Waals surface area contributed by atoms with Crippen molar-refractivity contribution in [1.29, 1.82) is 0 Å². The zero-order valence-electron chi connectivity index (χ0n) is 15.3. The predicted molar refractivity (Wildman–Crippen MR) is 100 cm³/mol. The Labute approximate surface area is 162 Å². The fourth-order valence-corrected chi connectivity index (χ4v) is 4.44. The predicted octanol–water partition coefficient (Wildman–Crippen LogP) is 3.67. The minimum Gasteiger partial charge on any atom is -0.465 e. The quantitative estimate of drug-likeness (QED) is 0.808. The van der Waals surface area contributed by atoms with E-state index in [4.69, 9.17) is 16.3 Å². The normalized spacial score (nSPS) is 24.8. The molecule has 0 spiro atoms. The summed E-state index contributed by atoms with van der Waals surface area (Å²) in [6.45, 7) is 3.26. The molecule has 2 heterocycles. The molecule has 2 aliphatic rings. The van der Waals surface area contributed by atoms with Crippen LogP contribution in [0.2, 0.25) is 0 Å². The highest BCUT2D eigenvalue weighted by atomic mass is 35.5. The maximum Gasteiger partial charge on any atom is 0.408 e. The fraction of sp³-hybridized carbons (Fsp3) is 0.526. The standard InChI is InChI=1S/C19H23ClN4O3/c1-2-27-15-5-7-19(20,8-6-15)14-3-4-16-13(9-14)10-23(18(25)26)11-17-22-21-12-24(16)17/h3-4,9,12,15H,2,5-8,10-11H2,1H3,(H,25,26). The van der Waals surface area contributed by atoms with E-state index in [1.54, 1.807) is 6.33 Å². The van der Waals surface area contributed by atoms with E-state index in [1.807, 2.05) is 29.7 Å². The first kappa shape index (κ1) is 18.3. The SMILES string of the molecule is CCOC1CCC(Cl)(c2ccc3c(c2)CN(C(=O)O)Cc2nncn2-3)CC1. The zero-order chi connectivity index (χ0) is 19.0. The highest BCUT2D eigenvalue weighted by molar-refractivity contribution is 6.24. The molecule has 0 bridgehead atoms. The maximum atomic E-state index is 11.6. The Morgan fingerprint density at radius 2 is 2.15 bits per heavy atom. The monoisotopic (exact) mass is 390 g/mol. The lowest BCUT2D eigenvalue weighted by Gasteiger charge is -2.36. The number of alkyl halides is 1. The molecule has 7 nitrogen and oxygen atoms in total. The van der Waals surface area contributed by atoms with E-state index in [-0.39, 0.29) is 12.6 Å². The summed E-state index contributed by atoms with van der Waals surface area (Å²) in [6.07, 6.45) is 4.50. The molecular formula is C19H23ClN4O3. The minimum absolute atomic E-state index is 0.210.